The second-order valence-electron chi connectivity index (χ2n) is 6.92. The molecule has 4 aromatic rings. The first kappa shape index (κ1) is 19.6. The lowest BCUT2D eigenvalue weighted by molar-refractivity contribution is -0.116. The van der Waals surface area contributed by atoms with Gasteiger partial charge in [-0.2, -0.15) is 0 Å². The molecule has 0 spiro atoms. The summed E-state index contributed by atoms with van der Waals surface area (Å²) in [5.74, 6) is 1.20. The molecule has 0 aliphatic heterocycles. The van der Waals surface area contributed by atoms with Crippen LogP contribution in [-0.4, -0.2) is 12.5 Å². The van der Waals surface area contributed by atoms with Crippen LogP contribution < -0.4 is 10.1 Å². The molecule has 0 saturated heterocycles. The number of hydrogen-bond acceptors (Lipinski definition) is 4. The van der Waals surface area contributed by atoms with E-state index >= 15 is 0 Å². The number of allylic oxidation sites excluding steroid dienone is 1. The molecule has 1 N–H and O–H groups in total. The molecule has 0 aliphatic carbocycles. The fourth-order valence-electron chi connectivity index (χ4n) is 3.39. The van der Waals surface area contributed by atoms with Gasteiger partial charge in [0.05, 0.1) is 25.7 Å². The first-order valence-electron chi connectivity index (χ1n) is 9.88. The molecule has 0 aliphatic rings. The van der Waals surface area contributed by atoms with Crippen molar-refractivity contribution in [2.24, 2.45) is 0 Å². The number of hydrogen-bond donors (Lipinski definition) is 1. The number of carbonyl (C=O) groups excluding carboxylic acids is 1. The molecule has 2 heterocycles. The van der Waals surface area contributed by atoms with Crippen LogP contribution in [0, 0.1) is 0 Å². The minimum Gasteiger partial charge on any atom is -0.493 e. The summed E-state index contributed by atoms with van der Waals surface area (Å²) >= 11 is 0. The summed E-state index contributed by atoms with van der Waals surface area (Å²) in [6, 6.07) is 17.6. The summed E-state index contributed by atoms with van der Waals surface area (Å²) in [7, 11) is 0. The smallest absolute Gasteiger partial charge is 0.244 e. The highest BCUT2D eigenvalue weighted by Gasteiger charge is 2.15. The van der Waals surface area contributed by atoms with Gasteiger partial charge in [0.2, 0.25) is 5.91 Å². The quantitative estimate of drug-likeness (QED) is 0.397. The Morgan fingerprint density at radius 1 is 1.10 bits per heavy atom. The van der Waals surface area contributed by atoms with E-state index in [4.69, 9.17) is 13.6 Å². The van der Waals surface area contributed by atoms with Gasteiger partial charge in [-0.25, -0.2) is 0 Å². The largest absolute Gasteiger partial charge is 0.493 e. The molecule has 2 aromatic heterocycles. The van der Waals surface area contributed by atoms with Crippen LogP contribution in [0.5, 0.6) is 5.75 Å². The average Bonchev–Trinajstić information content (AvgIpc) is 3.42. The van der Waals surface area contributed by atoms with Crippen LogP contribution in [0.4, 0.5) is 0 Å². The Balaban J connectivity index is 1.68. The third kappa shape index (κ3) is 4.15. The van der Waals surface area contributed by atoms with E-state index in [2.05, 4.69) is 5.32 Å². The summed E-state index contributed by atoms with van der Waals surface area (Å²) in [6.45, 7) is 4.69. The second-order valence-corrected chi connectivity index (χ2v) is 6.92. The summed E-state index contributed by atoms with van der Waals surface area (Å²) < 4.78 is 16.9. The normalized spacial score (nSPS) is 11.6. The van der Waals surface area contributed by atoms with E-state index in [9.17, 15) is 4.79 Å². The zero-order valence-corrected chi connectivity index (χ0v) is 17.0. The van der Waals surface area contributed by atoms with Crippen LogP contribution in [0.2, 0.25) is 0 Å². The molecule has 30 heavy (non-hydrogen) atoms. The maximum atomic E-state index is 12.4. The van der Waals surface area contributed by atoms with E-state index in [-0.39, 0.29) is 5.91 Å². The van der Waals surface area contributed by atoms with Gasteiger partial charge in [0.1, 0.15) is 17.1 Å². The number of rotatable bonds is 7. The average molecular weight is 401 g/mol. The van der Waals surface area contributed by atoms with Gasteiger partial charge in [-0.15, -0.1) is 0 Å². The van der Waals surface area contributed by atoms with Crippen molar-refractivity contribution in [3.63, 3.8) is 0 Å². The van der Waals surface area contributed by atoms with E-state index in [1.807, 2.05) is 62.4 Å². The van der Waals surface area contributed by atoms with Gasteiger partial charge >= 0.3 is 0 Å². The molecule has 0 bridgehead atoms. The first-order chi connectivity index (χ1) is 14.7. The Hall–Kier alpha value is -3.73. The van der Waals surface area contributed by atoms with Crippen molar-refractivity contribution >= 4 is 22.4 Å². The number of ether oxygens (including phenoxy) is 1. The molecule has 0 unspecified atom stereocenters. The molecule has 152 valence electrons. The van der Waals surface area contributed by atoms with Gasteiger partial charge < -0.3 is 18.9 Å². The van der Waals surface area contributed by atoms with Gasteiger partial charge in [-0.05, 0) is 43.2 Å². The van der Waals surface area contributed by atoms with E-state index in [1.54, 1.807) is 24.7 Å². The summed E-state index contributed by atoms with van der Waals surface area (Å²) in [4.78, 5) is 12.4. The van der Waals surface area contributed by atoms with Crippen molar-refractivity contribution in [3.05, 3.63) is 84.5 Å². The molecular formula is C25H23NO4. The maximum absolute atomic E-state index is 12.4. The molecule has 0 atom stereocenters. The molecule has 5 heteroatoms. The van der Waals surface area contributed by atoms with Gasteiger partial charge in [0.25, 0.3) is 0 Å². The predicted octanol–water partition coefficient (Wildman–Crippen LogP) is 5.81. The molecule has 2 aromatic carbocycles. The van der Waals surface area contributed by atoms with Crippen LogP contribution >= 0.6 is 0 Å². The number of benzene rings is 2. The highest BCUT2D eigenvalue weighted by molar-refractivity contribution is 6.00. The molecule has 0 fully saturated rings. The van der Waals surface area contributed by atoms with Gasteiger partial charge in [-0.3, -0.25) is 4.79 Å². The van der Waals surface area contributed by atoms with Crippen LogP contribution in [0.3, 0.4) is 0 Å². The minimum atomic E-state index is -0.193. The van der Waals surface area contributed by atoms with Crippen LogP contribution in [-0.2, 0) is 11.3 Å². The van der Waals surface area contributed by atoms with Crippen LogP contribution in [0.15, 0.2) is 82.0 Å². The highest BCUT2D eigenvalue weighted by Crippen LogP contribution is 2.37. The molecular weight excluding hydrogens is 378 g/mol. The lowest BCUT2D eigenvalue weighted by Crippen LogP contribution is -2.20. The molecule has 5 nitrogen and oxygen atoms in total. The number of amides is 1. The Morgan fingerprint density at radius 2 is 1.93 bits per heavy atom. The third-order valence-corrected chi connectivity index (χ3v) is 4.85. The summed E-state index contributed by atoms with van der Waals surface area (Å²) in [5, 5.41) is 3.81. The van der Waals surface area contributed by atoms with Crippen LogP contribution in [0.1, 0.15) is 25.2 Å². The number of nitrogens with one attached hydrogen (secondary N) is 1. The van der Waals surface area contributed by atoms with Gasteiger partial charge in [0.15, 0.2) is 0 Å². The van der Waals surface area contributed by atoms with Crippen molar-refractivity contribution in [1.29, 1.82) is 0 Å². The lowest BCUT2D eigenvalue weighted by Gasteiger charge is -2.11. The Bertz CT molecular complexity index is 1170. The first-order valence-corrected chi connectivity index (χ1v) is 9.88. The van der Waals surface area contributed by atoms with Crippen molar-refractivity contribution in [3.8, 4) is 16.9 Å². The molecule has 0 radical (unpaired) electrons. The van der Waals surface area contributed by atoms with E-state index in [0.717, 1.165) is 33.2 Å². The van der Waals surface area contributed by atoms with Gasteiger partial charge in [-0.1, -0.05) is 30.3 Å². The third-order valence-electron chi connectivity index (χ3n) is 4.85. The molecule has 4 rings (SSSR count). The minimum absolute atomic E-state index is 0.193. The molecule has 1 amide bonds. The number of furan rings is 2. The summed E-state index contributed by atoms with van der Waals surface area (Å²) in [5.41, 5.74) is 4.49. The van der Waals surface area contributed by atoms with Crippen molar-refractivity contribution in [2.45, 2.75) is 20.4 Å². The lowest BCUT2D eigenvalue weighted by atomic mass is 9.99. The standard InChI is InChI=1S/C25H23NO4/c1-3-28-23-14-24-21(22(16-30-24)18-8-5-4-6-9-18)13-20(23)17(2)12-25(27)26-15-19-10-7-11-29-19/h4-14,16H,3,15H2,1-2H3,(H,26,27)/b17-12+. The molecule has 0 saturated carbocycles. The monoisotopic (exact) mass is 401 g/mol. The van der Waals surface area contributed by atoms with Crippen molar-refractivity contribution in [2.75, 3.05) is 6.61 Å². The zero-order valence-electron chi connectivity index (χ0n) is 17.0. The second kappa shape index (κ2) is 8.74. The highest BCUT2D eigenvalue weighted by atomic mass is 16.5. The predicted molar refractivity (Wildman–Crippen MR) is 117 cm³/mol. The Kier molecular flexibility index (Phi) is 5.70. The topological polar surface area (TPSA) is 64.6 Å². The Morgan fingerprint density at radius 3 is 2.67 bits per heavy atom. The fraction of sp³-hybridized carbons (Fsp3) is 0.160. The van der Waals surface area contributed by atoms with Crippen molar-refractivity contribution < 1.29 is 18.4 Å². The maximum Gasteiger partial charge on any atom is 0.244 e. The van der Waals surface area contributed by atoms with Crippen LogP contribution in [0.25, 0.3) is 27.7 Å². The van der Waals surface area contributed by atoms with E-state index < -0.39 is 0 Å². The van der Waals surface area contributed by atoms with E-state index in [1.165, 1.54) is 0 Å². The van der Waals surface area contributed by atoms with Crippen molar-refractivity contribution in [1.82, 2.24) is 5.32 Å². The van der Waals surface area contributed by atoms with Gasteiger partial charge in [0, 0.05) is 28.7 Å². The number of carbonyl (C=O) groups is 1. The fourth-order valence-corrected chi connectivity index (χ4v) is 3.39. The summed E-state index contributed by atoms with van der Waals surface area (Å²) in [6.07, 6.45) is 4.92. The zero-order chi connectivity index (χ0) is 20.9. The number of fused-ring (bicyclic) bond motifs is 1. The SMILES string of the molecule is CCOc1cc2occ(-c3ccccc3)c2cc1/C(C)=C/C(=O)NCc1ccco1. The Labute approximate surface area is 175 Å². The van der Waals surface area contributed by atoms with E-state index in [0.29, 0.717) is 24.7 Å².